The van der Waals surface area contributed by atoms with Gasteiger partial charge in [-0.3, -0.25) is 4.79 Å². The molecular weight excluding hydrogens is 310 g/mol. The monoisotopic (exact) mass is 337 g/mol. The number of hydrogen-bond donors (Lipinski definition) is 1. The van der Waals surface area contributed by atoms with Gasteiger partial charge in [-0.2, -0.15) is 5.10 Å². The molecule has 2 aliphatic carbocycles. The molecule has 0 radical (unpaired) electrons. The first kappa shape index (κ1) is 16.4. The molecule has 0 aliphatic heterocycles. The van der Waals surface area contributed by atoms with E-state index in [0.29, 0.717) is 18.4 Å². The Bertz CT molecular complexity index is 724. The lowest BCUT2D eigenvalue weighted by molar-refractivity contribution is -0.122. The first-order chi connectivity index (χ1) is 12.2. The van der Waals surface area contributed by atoms with Crippen LogP contribution in [0.15, 0.2) is 42.7 Å². The SMILES string of the molecule is C[C@@H](NC(=O)CCc1cnn(-c2ccccc2)c1)[C@H]1C[C@H]2CC[C@H]1C2. The van der Waals surface area contributed by atoms with E-state index < -0.39 is 0 Å². The zero-order valence-electron chi connectivity index (χ0n) is 14.9. The number of benzene rings is 1. The molecule has 1 amide bonds. The van der Waals surface area contributed by atoms with Gasteiger partial charge in [0, 0.05) is 18.7 Å². The number of para-hydroxylation sites is 1. The molecule has 1 N–H and O–H groups in total. The maximum absolute atomic E-state index is 12.3. The highest BCUT2D eigenvalue weighted by Gasteiger charge is 2.42. The molecule has 1 aromatic carbocycles. The van der Waals surface area contributed by atoms with Crippen LogP contribution < -0.4 is 5.32 Å². The Morgan fingerprint density at radius 3 is 2.84 bits per heavy atom. The zero-order chi connectivity index (χ0) is 17.2. The standard InChI is InChI=1S/C21H27N3O/c1-15(20-12-16-7-9-18(20)11-16)23-21(25)10-8-17-13-22-24(14-17)19-5-3-2-4-6-19/h2-6,13-16,18,20H,7-12H2,1H3,(H,23,25)/t15-,16+,18+,20-/m1/s1. The summed E-state index contributed by atoms with van der Waals surface area (Å²) in [5.74, 6) is 2.65. The minimum atomic E-state index is 0.169. The predicted molar refractivity (Wildman–Crippen MR) is 98.4 cm³/mol. The van der Waals surface area contributed by atoms with E-state index in [1.54, 1.807) is 0 Å². The van der Waals surface area contributed by atoms with Crippen molar-refractivity contribution in [1.29, 1.82) is 0 Å². The van der Waals surface area contributed by atoms with Crippen LogP contribution in [0.3, 0.4) is 0 Å². The fraction of sp³-hybridized carbons (Fsp3) is 0.524. The topological polar surface area (TPSA) is 46.9 Å². The van der Waals surface area contributed by atoms with Gasteiger partial charge in [0.2, 0.25) is 5.91 Å². The molecule has 4 atom stereocenters. The van der Waals surface area contributed by atoms with Gasteiger partial charge in [-0.05, 0) is 68.1 Å². The van der Waals surface area contributed by atoms with Crippen molar-refractivity contribution in [3.8, 4) is 5.69 Å². The van der Waals surface area contributed by atoms with Crippen LogP contribution in [0.4, 0.5) is 0 Å². The van der Waals surface area contributed by atoms with Crippen LogP contribution in [0.1, 0.15) is 44.6 Å². The van der Waals surface area contributed by atoms with Gasteiger partial charge in [-0.1, -0.05) is 24.6 Å². The molecule has 2 aliphatic rings. The molecule has 132 valence electrons. The van der Waals surface area contributed by atoms with Gasteiger partial charge in [0.1, 0.15) is 0 Å². The summed E-state index contributed by atoms with van der Waals surface area (Å²) in [6.45, 7) is 2.19. The van der Waals surface area contributed by atoms with Crippen LogP contribution in [-0.4, -0.2) is 21.7 Å². The fourth-order valence-corrected chi connectivity index (χ4v) is 4.81. The van der Waals surface area contributed by atoms with Crippen molar-refractivity contribution in [3.05, 3.63) is 48.3 Å². The van der Waals surface area contributed by atoms with Crippen LogP contribution in [0.25, 0.3) is 5.69 Å². The smallest absolute Gasteiger partial charge is 0.220 e. The number of fused-ring (bicyclic) bond motifs is 2. The molecule has 1 heterocycles. The number of amides is 1. The Balaban J connectivity index is 1.27. The lowest BCUT2D eigenvalue weighted by atomic mass is 9.84. The summed E-state index contributed by atoms with van der Waals surface area (Å²) < 4.78 is 1.87. The molecule has 1 aromatic heterocycles. The lowest BCUT2D eigenvalue weighted by Crippen LogP contribution is -2.40. The summed E-state index contributed by atoms with van der Waals surface area (Å²) in [7, 11) is 0. The Labute approximate surface area is 149 Å². The summed E-state index contributed by atoms with van der Waals surface area (Å²) in [6, 6.07) is 10.4. The van der Waals surface area contributed by atoms with Crippen molar-refractivity contribution in [2.24, 2.45) is 17.8 Å². The van der Waals surface area contributed by atoms with E-state index in [1.165, 1.54) is 25.7 Å². The first-order valence-electron chi connectivity index (χ1n) is 9.57. The van der Waals surface area contributed by atoms with Crippen molar-refractivity contribution in [2.45, 2.75) is 51.5 Å². The van der Waals surface area contributed by atoms with Gasteiger partial charge in [-0.15, -0.1) is 0 Å². The minimum absolute atomic E-state index is 0.169. The fourth-order valence-electron chi connectivity index (χ4n) is 4.81. The highest BCUT2D eigenvalue weighted by atomic mass is 16.1. The summed E-state index contributed by atoms with van der Waals surface area (Å²) in [5.41, 5.74) is 2.15. The second-order valence-electron chi connectivity index (χ2n) is 7.82. The van der Waals surface area contributed by atoms with Crippen molar-refractivity contribution >= 4 is 5.91 Å². The summed E-state index contributed by atoms with van der Waals surface area (Å²) in [6.07, 6.45) is 10.6. The average molecular weight is 337 g/mol. The number of nitrogens with zero attached hydrogens (tertiary/aromatic N) is 2. The molecule has 25 heavy (non-hydrogen) atoms. The van der Waals surface area contributed by atoms with E-state index in [-0.39, 0.29) is 5.91 Å². The molecule has 4 rings (SSSR count). The number of aryl methyl sites for hydroxylation is 1. The normalized spacial score (nSPS) is 25.9. The lowest BCUT2D eigenvalue weighted by Gasteiger charge is -2.28. The van der Waals surface area contributed by atoms with Crippen LogP contribution in [0.5, 0.6) is 0 Å². The Hall–Kier alpha value is -2.10. The molecule has 2 bridgehead atoms. The molecule has 0 unspecified atom stereocenters. The summed E-state index contributed by atoms with van der Waals surface area (Å²) in [4.78, 5) is 12.3. The Kier molecular flexibility index (Phi) is 4.60. The largest absolute Gasteiger partial charge is 0.353 e. The molecule has 2 saturated carbocycles. The third-order valence-electron chi connectivity index (χ3n) is 6.12. The van der Waals surface area contributed by atoms with Gasteiger partial charge in [0.05, 0.1) is 11.9 Å². The molecular formula is C21H27N3O. The minimum Gasteiger partial charge on any atom is -0.353 e. The molecule has 4 heteroatoms. The average Bonchev–Trinajstić information content (AvgIpc) is 3.37. The Morgan fingerprint density at radius 2 is 2.12 bits per heavy atom. The van der Waals surface area contributed by atoms with Crippen LogP contribution in [0, 0.1) is 17.8 Å². The second-order valence-corrected chi connectivity index (χ2v) is 7.82. The van der Waals surface area contributed by atoms with E-state index in [1.807, 2.05) is 47.4 Å². The molecule has 2 fully saturated rings. The predicted octanol–water partition coefficient (Wildman–Crippen LogP) is 3.75. The number of aromatic nitrogens is 2. The number of nitrogens with one attached hydrogen (secondary N) is 1. The van der Waals surface area contributed by atoms with Gasteiger partial charge in [-0.25, -0.2) is 4.68 Å². The maximum Gasteiger partial charge on any atom is 0.220 e. The molecule has 2 aromatic rings. The van der Waals surface area contributed by atoms with Gasteiger partial charge in [0.15, 0.2) is 0 Å². The Morgan fingerprint density at radius 1 is 1.28 bits per heavy atom. The van der Waals surface area contributed by atoms with Crippen molar-refractivity contribution < 1.29 is 4.79 Å². The van der Waals surface area contributed by atoms with E-state index in [4.69, 9.17) is 0 Å². The summed E-state index contributed by atoms with van der Waals surface area (Å²) in [5, 5.41) is 7.65. The number of carbonyl (C=O) groups excluding carboxylic acids is 1. The maximum atomic E-state index is 12.3. The number of hydrogen-bond acceptors (Lipinski definition) is 2. The number of carbonyl (C=O) groups is 1. The third-order valence-corrected chi connectivity index (χ3v) is 6.12. The van der Waals surface area contributed by atoms with Crippen molar-refractivity contribution in [2.75, 3.05) is 0 Å². The van der Waals surface area contributed by atoms with Gasteiger partial charge >= 0.3 is 0 Å². The van der Waals surface area contributed by atoms with Crippen LogP contribution >= 0.6 is 0 Å². The highest BCUT2D eigenvalue weighted by Crippen LogP contribution is 2.49. The second kappa shape index (κ2) is 7.03. The van der Waals surface area contributed by atoms with Crippen LogP contribution in [0.2, 0.25) is 0 Å². The van der Waals surface area contributed by atoms with E-state index in [0.717, 1.165) is 29.5 Å². The van der Waals surface area contributed by atoms with Gasteiger partial charge < -0.3 is 5.32 Å². The zero-order valence-corrected chi connectivity index (χ0v) is 14.9. The van der Waals surface area contributed by atoms with E-state index >= 15 is 0 Å². The van der Waals surface area contributed by atoms with Crippen LogP contribution in [-0.2, 0) is 11.2 Å². The first-order valence-corrected chi connectivity index (χ1v) is 9.57. The van der Waals surface area contributed by atoms with E-state index in [9.17, 15) is 4.79 Å². The van der Waals surface area contributed by atoms with Crippen molar-refractivity contribution in [3.63, 3.8) is 0 Å². The van der Waals surface area contributed by atoms with Gasteiger partial charge in [0.25, 0.3) is 0 Å². The number of rotatable bonds is 6. The third kappa shape index (κ3) is 3.63. The molecule has 0 saturated heterocycles. The highest BCUT2D eigenvalue weighted by molar-refractivity contribution is 5.76. The molecule has 0 spiro atoms. The summed E-state index contributed by atoms with van der Waals surface area (Å²) >= 11 is 0. The quantitative estimate of drug-likeness (QED) is 0.873. The van der Waals surface area contributed by atoms with Crippen molar-refractivity contribution in [1.82, 2.24) is 15.1 Å². The van der Waals surface area contributed by atoms with E-state index in [2.05, 4.69) is 17.3 Å². The molecule has 4 nitrogen and oxygen atoms in total.